The second-order valence-electron chi connectivity index (χ2n) is 31.7. The summed E-state index contributed by atoms with van der Waals surface area (Å²) in [5.41, 5.74) is 0. The van der Waals surface area contributed by atoms with Crippen molar-refractivity contribution in [2.75, 3.05) is 126 Å². The molecule has 0 aliphatic carbocycles. The van der Waals surface area contributed by atoms with Crippen molar-refractivity contribution in [1.82, 2.24) is 58.1 Å². The number of β-amino-alcohol motifs (C(OH)–C–C–N with tert-alkyl or cyclic N) is 1. The van der Waals surface area contributed by atoms with E-state index in [9.17, 15) is 113 Å². The normalized spacial score (nSPS) is 28.2. The summed E-state index contributed by atoms with van der Waals surface area (Å²) in [6, 6.07) is -4.04. The zero-order valence-corrected chi connectivity index (χ0v) is 73.7. The van der Waals surface area contributed by atoms with Crippen LogP contribution in [0.4, 0.5) is 4.39 Å². The third kappa shape index (κ3) is 41.8. The Kier molecular flexibility index (Phi) is 53.4. The van der Waals surface area contributed by atoms with Crippen molar-refractivity contribution in [3.63, 3.8) is 0 Å². The first-order valence-corrected chi connectivity index (χ1v) is 45.2. The van der Waals surface area contributed by atoms with E-state index in [0.29, 0.717) is 96.3 Å². The van der Waals surface area contributed by atoms with Crippen LogP contribution in [0.25, 0.3) is 0 Å². The molecule has 5 rings (SSSR count). The van der Waals surface area contributed by atoms with Gasteiger partial charge in [-0.25, -0.2) is 4.39 Å². The zero-order valence-electron chi connectivity index (χ0n) is 72.9. The third-order valence-electron chi connectivity index (χ3n) is 21.3. The summed E-state index contributed by atoms with van der Waals surface area (Å²) in [6.07, 6.45) is -18.9. The minimum atomic E-state index is -4.57. The lowest BCUT2D eigenvalue weighted by atomic mass is 9.97. The van der Waals surface area contributed by atoms with Gasteiger partial charge >= 0.3 is 0 Å². The fraction of sp³-hybridized carbons (Fsp3) is 0.861. The zero-order chi connectivity index (χ0) is 93.4. The van der Waals surface area contributed by atoms with Crippen molar-refractivity contribution in [1.29, 1.82) is 0 Å². The van der Waals surface area contributed by atoms with Crippen LogP contribution in [0.15, 0.2) is 0 Å². The number of nitrogens with zero attached hydrogens (tertiary/aromatic N) is 1. The number of hydrogen-bond donors (Lipinski definition) is 20. The van der Waals surface area contributed by atoms with Crippen LogP contribution in [0.5, 0.6) is 0 Å². The molecule has 5 aliphatic rings. The molecule has 0 bridgehead atoms. The summed E-state index contributed by atoms with van der Waals surface area (Å²) < 4.78 is 96.6. The molecule has 1 unspecified atom stereocenters. The third-order valence-corrected chi connectivity index (χ3v) is 22.3. The van der Waals surface area contributed by atoms with E-state index in [-0.39, 0.29) is 167 Å². The Morgan fingerprint density at radius 1 is 0.402 bits per heavy atom. The fourth-order valence-corrected chi connectivity index (χ4v) is 14.9. The Morgan fingerprint density at radius 2 is 0.748 bits per heavy atom. The number of ether oxygens (including phenoxy) is 10. The molecule has 5 aliphatic heterocycles. The Morgan fingerprint density at radius 3 is 1.13 bits per heavy atom. The fourth-order valence-electron chi connectivity index (χ4n) is 14.5. The Hall–Kier alpha value is -6.59. The predicted molar refractivity (Wildman–Crippen MR) is 437 cm³/mol. The lowest BCUT2D eigenvalue weighted by Crippen LogP contribution is -2.64. The molecule has 5 fully saturated rings. The van der Waals surface area contributed by atoms with Gasteiger partial charge in [-0.2, -0.15) is 0 Å². The van der Waals surface area contributed by atoms with Crippen LogP contribution in [0.3, 0.4) is 0 Å². The van der Waals surface area contributed by atoms with Gasteiger partial charge < -0.3 is 170 Å². The van der Waals surface area contributed by atoms with E-state index < -0.39 is 217 Å². The highest BCUT2D eigenvalue weighted by molar-refractivity contribution is 7.45. The molecule has 0 aromatic carbocycles. The SMILES string of the molecule is COP(=O)([O-])OC[C@@H]1C[C@@H](O)CN1C(=O)CCCCCCCCC(=O)N[C@@H]1O[C@H](COCCC(=O)NCCCNC(=O)CCCCO[C@@H]2O[C@H](CO)[C@H](O)[C@H](O)[C@H]2NC(C)=O)[C@@H](OCCC(=O)NCCCNC(=O)CCCCO[C@@H]2O[C@H](CO)[C@H](O)[C@H](O)[C@H]2NC(C)=O)[C@H](OCCC(=O)NCCCNC(=O)CCCCO[C@@H]2O[C@H](CO)[C@H](O)[C@H](O)[C@H]2NC(C)=O)[C@H]1F. The van der Waals surface area contributed by atoms with E-state index in [0.717, 1.165) is 7.11 Å². The molecule has 46 nitrogen and oxygen atoms in total. The average molecular weight is 1850 g/mol. The monoisotopic (exact) mass is 1850 g/mol. The molecule has 0 radical (unpaired) electrons. The molecule has 732 valence electrons. The van der Waals surface area contributed by atoms with Gasteiger partial charge in [-0.1, -0.05) is 25.7 Å². The molecule has 127 heavy (non-hydrogen) atoms. The molecule has 23 atom stereocenters. The number of phosphoric ester groups is 1. The van der Waals surface area contributed by atoms with Gasteiger partial charge in [-0.05, 0) is 77.0 Å². The molecule has 5 saturated heterocycles. The number of unbranched alkanes of at least 4 members (excludes halogenated alkanes) is 8. The van der Waals surface area contributed by atoms with Crippen molar-refractivity contribution in [3.05, 3.63) is 0 Å². The van der Waals surface area contributed by atoms with Crippen molar-refractivity contribution >= 4 is 72.8 Å². The molecule has 0 saturated carbocycles. The molecule has 5 heterocycles. The Labute approximate surface area is 737 Å². The van der Waals surface area contributed by atoms with Crippen molar-refractivity contribution in [2.45, 2.75) is 310 Å². The smallest absolute Gasteiger partial charge is 0.267 e. The number of carbonyl (C=O) groups excluding carboxylic acids is 11. The van der Waals surface area contributed by atoms with Gasteiger partial charge in [-0.3, -0.25) is 57.3 Å². The van der Waals surface area contributed by atoms with Crippen LogP contribution >= 0.6 is 7.82 Å². The van der Waals surface area contributed by atoms with Crippen LogP contribution in [-0.2, 0) is 114 Å². The number of phosphoric acid groups is 1. The van der Waals surface area contributed by atoms with E-state index in [1.165, 1.54) is 25.7 Å². The van der Waals surface area contributed by atoms with Crippen LogP contribution in [0, 0.1) is 0 Å². The second-order valence-corrected chi connectivity index (χ2v) is 33.2. The summed E-state index contributed by atoms with van der Waals surface area (Å²) >= 11 is 0. The van der Waals surface area contributed by atoms with E-state index in [1.54, 1.807) is 0 Å². The number of nitrogens with one attached hydrogen (secondary N) is 10. The van der Waals surface area contributed by atoms with Gasteiger partial charge in [0.1, 0.15) is 91.4 Å². The van der Waals surface area contributed by atoms with Gasteiger partial charge in [0, 0.05) is 145 Å². The summed E-state index contributed by atoms with van der Waals surface area (Å²) in [5, 5.41) is 128. The number of aliphatic hydroxyl groups excluding tert-OH is 10. The number of carbonyl (C=O) groups is 11. The minimum absolute atomic E-state index is 0.0236. The highest BCUT2D eigenvalue weighted by Gasteiger charge is 2.51. The van der Waals surface area contributed by atoms with Crippen LogP contribution in [-0.4, -0.2) is 381 Å². The molecule has 48 heteroatoms. The maximum Gasteiger partial charge on any atom is 0.267 e. The number of aliphatic hydroxyl groups is 10. The van der Waals surface area contributed by atoms with E-state index >= 15 is 4.39 Å². The molecule has 0 spiro atoms. The lowest BCUT2D eigenvalue weighted by molar-refractivity contribution is -0.270. The molecule has 0 aromatic rings. The molecule has 20 N–H and O–H groups in total. The van der Waals surface area contributed by atoms with Crippen LogP contribution in [0.2, 0.25) is 0 Å². The first-order chi connectivity index (χ1) is 60.7. The Balaban J connectivity index is 1.15. The first kappa shape index (κ1) is 111. The average Bonchev–Trinajstić information content (AvgIpc) is 1.15. The number of alkyl halides is 1. The summed E-state index contributed by atoms with van der Waals surface area (Å²) in [6.45, 7) is 1.06. The van der Waals surface area contributed by atoms with Gasteiger partial charge in [-0.15, -0.1) is 0 Å². The van der Waals surface area contributed by atoms with Crippen molar-refractivity contribution in [3.8, 4) is 0 Å². The maximum absolute atomic E-state index is 17.3. The van der Waals surface area contributed by atoms with Gasteiger partial charge in [0.25, 0.3) is 7.82 Å². The van der Waals surface area contributed by atoms with Crippen LogP contribution in [0.1, 0.15) is 175 Å². The summed E-state index contributed by atoms with van der Waals surface area (Å²) in [4.78, 5) is 153. The molecular formula is C79H138FN11O35P-. The van der Waals surface area contributed by atoms with E-state index in [4.69, 9.17) is 51.9 Å². The van der Waals surface area contributed by atoms with Crippen LogP contribution < -0.4 is 58.1 Å². The number of likely N-dealkylation sites (tertiary alicyclic amines) is 1. The van der Waals surface area contributed by atoms with E-state index in [2.05, 4.69) is 57.7 Å². The number of rotatable bonds is 63. The molecule has 0 aromatic heterocycles. The topological polar surface area (TPSA) is 665 Å². The van der Waals surface area contributed by atoms with Gasteiger partial charge in [0.15, 0.2) is 31.3 Å². The van der Waals surface area contributed by atoms with Gasteiger partial charge in [0.05, 0.1) is 65.0 Å². The largest absolute Gasteiger partial charge is 0.756 e. The number of halogens is 1. The second kappa shape index (κ2) is 61.2. The highest BCUT2D eigenvalue weighted by Crippen LogP contribution is 2.38. The minimum Gasteiger partial charge on any atom is -0.756 e. The van der Waals surface area contributed by atoms with Gasteiger partial charge in [0.2, 0.25) is 65.0 Å². The highest BCUT2D eigenvalue weighted by atomic mass is 31.2. The van der Waals surface area contributed by atoms with E-state index in [1.807, 2.05) is 0 Å². The number of hydrogen-bond acceptors (Lipinski definition) is 35. The predicted octanol–water partition coefficient (Wildman–Crippen LogP) is -6.40. The molecular weight excluding hydrogens is 1710 g/mol. The Bertz CT molecular complexity index is 3340. The lowest BCUT2D eigenvalue weighted by Gasteiger charge is -2.43. The molecule has 11 amide bonds. The summed E-state index contributed by atoms with van der Waals surface area (Å²) in [5.74, 6) is -4.80. The summed E-state index contributed by atoms with van der Waals surface area (Å²) in [7, 11) is -3.62. The quantitative estimate of drug-likeness (QED) is 0.0199. The maximum atomic E-state index is 17.3. The standard InChI is InChI=1S/C79H139FN11O35P/c1-47(95)87-65-71(110)68(107)52(42-92)124-77(65)119-34-14-11-20-56(99)81-28-17-31-84-59(102)25-37-116-46-55-74(117-38-26-60(103)85-32-18-29-82-57(100)21-12-15-35-120-78-66(88-48(2)96)72(111)69(108)53(43-93)125-78)75(64(80)76(123-55)90-62(105)23-9-7-5-6-8-10-24-63(106)91-41-51(98)40-50(91)45-122-127(113,114)115-4)118-39-27-61(104)86-33-19-30-83-58(101)22-13-16-36-121-79-67(89-49(3)97)73(112)70(109)54(44-94)126-79/h50-55,64-79,92-94,98,107-112H,5-46H2,1-4H3,(H,81,99)(H,82,100)(H,83,101)(H,84,102)(H,85,103)(H,86,104)(H,87,95)(H,88,96)(H,89,97)(H,90,105)(H,113,114)/p-1/t50-,51+,52+,53+,54+,55+,64+,65+,66+,67+,68-,69-,70-,71+,72+,73+,74+,75+,76+,77+,78+,79+/m0/s1. The van der Waals surface area contributed by atoms with Crippen molar-refractivity contribution < 1.29 is 174 Å². The first-order valence-electron chi connectivity index (χ1n) is 43.7. The number of amides is 11. The van der Waals surface area contributed by atoms with Crippen molar-refractivity contribution in [2.24, 2.45) is 0 Å².